The van der Waals surface area contributed by atoms with Gasteiger partial charge in [0.15, 0.2) is 0 Å². The zero-order valence-electron chi connectivity index (χ0n) is 13.5. The Morgan fingerprint density at radius 1 is 1.30 bits per heavy atom. The Hall–Kier alpha value is -2.56. The fraction of sp³-hybridized carbons (Fsp3) is 0.333. The summed E-state index contributed by atoms with van der Waals surface area (Å²) in [5, 5.41) is 11.7. The zero-order valence-corrected chi connectivity index (χ0v) is 13.5. The van der Waals surface area contributed by atoms with Gasteiger partial charge in [0.1, 0.15) is 5.75 Å². The topological polar surface area (TPSA) is 71.5 Å². The molecule has 0 aliphatic carbocycles. The highest BCUT2D eigenvalue weighted by atomic mass is 16.5. The number of carbonyl (C=O) groups is 1. The summed E-state index contributed by atoms with van der Waals surface area (Å²) in [6, 6.07) is 7.64. The highest BCUT2D eigenvalue weighted by Crippen LogP contribution is 2.44. The summed E-state index contributed by atoms with van der Waals surface area (Å²) in [6.07, 6.45) is 2.60. The standard InChI is InChI=1S/C18H20N2O3/c1-11-6-13(9-19-8-11)12-4-5-14-15(7-12)23-10-18(2,3)16(14)20-17(21)22/h4-9,16,20H,10H2,1-3H3,(H,21,22). The van der Waals surface area contributed by atoms with Crippen LogP contribution >= 0.6 is 0 Å². The smallest absolute Gasteiger partial charge is 0.405 e. The number of carboxylic acid groups (broad SMARTS) is 1. The minimum atomic E-state index is -1.03. The Kier molecular flexibility index (Phi) is 3.72. The van der Waals surface area contributed by atoms with E-state index >= 15 is 0 Å². The summed E-state index contributed by atoms with van der Waals surface area (Å²) in [5.74, 6) is 0.724. The van der Waals surface area contributed by atoms with Gasteiger partial charge in [-0.3, -0.25) is 4.98 Å². The van der Waals surface area contributed by atoms with E-state index in [0.717, 1.165) is 28.0 Å². The Bertz CT molecular complexity index is 756. The molecule has 1 aliphatic rings. The number of aromatic nitrogens is 1. The summed E-state index contributed by atoms with van der Waals surface area (Å²) in [6.45, 7) is 6.45. The molecule has 2 N–H and O–H groups in total. The molecule has 0 radical (unpaired) electrons. The Labute approximate surface area is 135 Å². The highest BCUT2D eigenvalue weighted by Gasteiger charge is 2.38. The third kappa shape index (κ3) is 2.99. The van der Waals surface area contributed by atoms with Crippen LogP contribution in [0.15, 0.2) is 36.7 Å². The van der Waals surface area contributed by atoms with Crippen molar-refractivity contribution < 1.29 is 14.6 Å². The molecule has 120 valence electrons. The van der Waals surface area contributed by atoms with E-state index in [9.17, 15) is 4.79 Å². The summed E-state index contributed by atoms with van der Waals surface area (Å²) >= 11 is 0. The van der Waals surface area contributed by atoms with Crippen LogP contribution in [-0.2, 0) is 0 Å². The predicted molar refractivity (Wildman–Crippen MR) is 87.6 cm³/mol. The van der Waals surface area contributed by atoms with Crippen LogP contribution < -0.4 is 10.1 Å². The molecule has 0 bridgehead atoms. The van der Waals surface area contributed by atoms with E-state index in [1.54, 1.807) is 0 Å². The average Bonchev–Trinajstić information content (AvgIpc) is 2.49. The van der Waals surface area contributed by atoms with Crippen LogP contribution in [0.5, 0.6) is 5.75 Å². The van der Waals surface area contributed by atoms with Gasteiger partial charge in [-0.25, -0.2) is 4.79 Å². The van der Waals surface area contributed by atoms with Gasteiger partial charge in [0.25, 0.3) is 0 Å². The number of ether oxygens (including phenoxy) is 1. The minimum Gasteiger partial charge on any atom is -0.493 e. The average molecular weight is 312 g/mol. The van der Waals surface area contributed by atoms with Gasteiger partial charge in [0.2, 0.25) is 0 Å². The highest BCUT2D eigenvalue weighted by molar-refractivity contribution is 5.68. The van der Waals surface area contributed by atoms with E-state index in [1.807, 2.05) is 51.4 Å². The number of fused-ring (bicyclic) bond motifs is 1. The van der Waals surface area contributed by atoms with Crippen molar-refractivity contribution in [2.75, 3.05) is 6.61 Å². The van der Waals surface area contributed by atoms with Gasteiger partial charge in [-0.15, -0.1) is 0 Å². The lowest BCUT2D eigenvalue weighted by Crippen LogP contribution is -2.43. The monoisotopic (exact) mass is 312 g/mol. The second kappa shape index (κ2) is 5.57. The first-order valence-electron chi connectivity index (χ1n) is 7.55. The first-order valence-corrected chi connectivity index (χ1v) is 7.55. The molecular weight excluding hydrogens is 292 g/mol. The molecule has 1 amide bonds. The predicted octanol–water partition coefficient (Wildman–Crippen LogP) is 3.78. The molecule has 3 rings (SSSR count). The van der Waals surface area contributed by atoms with Crippen molar-refractivity contribution in [1.29, 1.82) is 0 Å². The molecule has 5 nitrogen and oxygen atoms in total. The van der Waals surface area contributed by atoms with E-state index in [1.165, 1.54) is 0 Å². The number of aryl methyl sites for hydroxylation is 1. The number of pyridine rings is 1. The van der Waals surface area contributed by atoms with Crippen molar-refractivity contribution in [3.05, 3.63) is 47.8 Å². The molecule has 23 heavy (non-hydrogen) atoms. The number of nitrogens with one attached hydrogen (secondary N) is 1. The molecule has 0 saturated carbocycles. The van der Waals surface area contributed by atoms with E-state index in [2.05, 4.69) is 16.4 Å². The van der Waals surface area contributed by atoms with Crippen LogP contribution in [0.25, 0.3) is 11.1 Å². The van der Waals surface area contributed by atoms with Crippen LogP contribution in [0, 0.1) is 12.3 Å². The molecule has 1 aliphatic heterocycles. The minimum absolute atomic E-state index is 0.298. The van der Waals surface area contributed by atoms with Crippen molar-refractivity contribution >= 4 is 6.09 Å². The third-order valence-corrected chi connectivity index (χ3v) is 4.18. The van der Waals surface area contributed by atoms with Gasteiger partial charge in [-0.1, -0.05) is 26.0 Å². The molecule has 2 heterocycles. The Morgan fingerprint density at radius 2 is 2.09 bits per heavy atom. The van der Waals surface area contributed by atoms with Crippen molar-refractivity contribution in [2.24, 2.45) is 5.41 Å². The lowest BCUT2D eigenvalue weighted by atomic mass is 9.78. The SMILES string of the molecule is Cc1cncc(-c2ccc3c(c2)OCC(C)(C)C3NC(=O)O)c1. The molecule has 2 aromatic rings. The number of hydrogen-bond donors (Lipinski definition) is 2. The van der Waals surface area contributed by atoms with Gasteiger partial charge in [0.05, 0.1) is 12.6 Å². The third-order valence-electron chi connectivity index (χ3n) is 4.18. The van der Waals surface area contributed by atoms with Gasteiger partial charge < -0.3 is 15.2 Å². The maximum absolute atomic E-state index is 11.1. The second-order valence-electron chi connectivity index (χ2n) is 6.66. The summed E-state index contributed by atoms with van der Waals surface area (Å²) in [7, 11) is 0. The van der Waals surface area contributed by atoms with Crippen LogP contribution in [0.4, 0.5) is 4.79 Å². The summed E-state index contributed by atoms with van der Waals surface area (Å²) in [5.41, 5.74) is 3.68. The maximum atomic E-state index is 11.1. The van der Waals surface area contributed by atoms with E-state index < -0.39 is 6.09 Å². The zero-order chi connectivity index (χ0) is 16.6. The van der Waals surface area contributed by atoms with Crippen molar-refractivity contribution in [3.63, 3.8) is 0 Å². The first-order chi connectivity index (χ1) is 10.9. The molecule has 5 heteroatoms. The number of amides is 1. The van der Waals surface area contributed by atoms with E-state index in [0.29, 0.717) is 6.61 Å². The van der Waals surface area contributed by atoms with Crippen molar-refractivity contribution in [3.8, 4) is 16.9 Å². The van der Waals surface area contributed by atoms with Crippen LogP contribution in [-0.4, -0.2) is 22.8 Å². The maximum Gasteiger partial charge on any atom is 0.405 e. The molecule has 0 saturated heterocycles. The molecule has 1 atom stereocenters. The quantitative estimate of drug-likeness (QED) is 0.885. The van der Waals surface area contributed by atoms with E-state index in [-0.39, 0.29) is 11.5 Å². The molecule has 1 aromatic carbocycles. The molecule has 0 spiro atoms. The second-order valence-corrected chi connectivity index (χ2v) is 6.66. The van der Waals surface area contributed by atoms with Crippen molar-refractivity contribution in [2.45, 2.75) is 26.8 Å². The van der Waals surface area contributed by atoms with Crippen LogP contribution in [0.1, 0.15) is 31.0 Å². The number of benzene rings is 1. The van der Waals surface area contributed by atoms with Gasteiger partial charge >= 0.3 is 6.09 Å². The molecule has 1 unspecified atom stereocenters. The fourth-order valence-corrected chi connectivity index (χ4v) is 2.95. The number of rotatable bonds is 2. The number of hydrogen-bond acceptors (Lipinski definition) is 3. The lowest BCUT2D eigenvalue weighted by molar-refractivity contribution is 0.0996. The molecular formula is C18H20N2O3. The number of nitrogens with zero attached hydrogens (tertiary/aromatic N) is 1. The van der Waals surface area contributed by atoms with Crippen molar-refractivity contribution in [1.82, 2.24) is 10.3 Å². The summed E-state index contributed by atoms with van der Waals surface area (Å²) in [4.78, 5) is 15.3. The Balaban J connectivity index is 2.02. The van der Waals surface area contributed by atoms with Gasteiger partial charge in [0, 0.05) is 28.9 Å². The van der Waals surface area contributed by atoms with Gasteiger partial charge in [-0.05, 0) is 30.2 Å². The first kappa shape index (κ1) is 15.3. The molecule has 1 aromatic heterocycles. The van der Waals surface area contributed by atoms with Crippen LogP contribution in [0.2, 0.25) is 0 Å². The van der Waals surface area contributed by atoms with Crippen LogP contribution in [0.3, 0.4) is 0 Å². The van der Waals surface area contributed by atoms with E-state index in [4.69, 9.17) is 9.84 Å². The lowest BCUT2D eigenvalue weighted by Gasteiger charge is -2.39. The largest absolute Gasteiger partial charge is 0.493 e. The summed E-state index contributed by atoms with van der Waals surface area (Å²) < 4.78 is 5.89. The normalized spacial score (nSPS) is 18.7. The molecule has 0 fully saturated rings. The van der Waals surface area contributed by atoms with Gasteiger partial charge in [-0.2, -0.15) is 0 Å². The fourth-order valence-electron chi connectivity index (χ4n) is 2.95. The Morgan fingerprint density at radius 3 is 2.78 bits per heavy atom.